The number of carbonyl (C=O) groups is 1. The van der Waals surface area contributed by atoms with Crippen LogP contribution in [0.25, 0.3) is 5.69 Å². The van der Waals surface area contributed by atoms with Gasteiger partial charge in [0.1, 0.15) is 0 Å². The van der Waals surface area contributed by atoms with Crippen LogP contribution < -0.4 is 5.32 Å². The molecule has 1 aromatic heterocycles. The molecular weight excluding hydrogens is 334 g/mol. The van der Waals surface area contributed by atoms with Crippen LogP contribution >= 0.6 is 11.8 Å². The Morgan fingerprint density at radius 3 is 2.72 bits per heavy atom. The van der Waals surface area contributed by atoms with Gasteiger partial charge in [-0.1, -0.05) is 37.7 Å². The van der Waals surface area contributed by atoms with E-state index in [9.17, 15) is 4.79 Å². The topological polar surface area (TPSA) is 72.7 Å². The van der Waals surface area contributed by atoms with Gasteiger partial charge in [-0.15, -0.1) is 5.10 Å². The van der Waals surface area contributed by atoms with E-state index in [0.717, 1.165) is 24.1 Å². The van der Waals surface area contributed by atoms with Gasteiger partial charge in [-0.25, -0.2) is 0 Å². The predicted octanol–water partition coefficient (Wildman–Crippen LogP) is 3.31. The first-order chi connectivity index (χ1) is 11.9. The fourth-order valence-electron chi connectivity index (χ4n) is 2.49. The molecule has 0 unspecified atom stereocenters. The first kappa shape index (κ1) is 19.4. The third-order valence-corrected chi connectivity index (χ3v) is 5.08. The molecule has 0 aliphatic carbocycles. The van der Waals surface area contributed by atoms with Gasteiger partial charge in [-0.2, -0.15) is 4.68 Å². The molecule has 25 heavy (non-hydrogen) atoms. The molecule has 1 aromatic carbocycles. The second-order valence-corrected chi connectivity index (χ2v) is 7.76. The fraction of sp³-hybridized carbons (Fsp3) is 0.556. The molecule has 0 saturated heterocycles. The zero-order valence-corrected chi connectivity index (χ0v) is 16.4. The van der Waals surface area contributed by atoms with Crippen molar-refractivity contribution in [3.8, 4) is 5.69 Å². The average molecular weight is 362 g/mol. The number of rotatable bonds is 8. The van der Waals surface area contributed by atoms with Crippen molar-refractivity contribution in [2.24, 2.45) is 5.92 Å². The highest BCUT2D eigenvalue weighted by molar-refractivity contribution is 7.99. The van der Waals surface area contributed by atoms with Crippen LogP contribution in [-0.2, 0) is 4.79 Å². The number of nitrogens with one attached hydrogen (secondary N) is 1. The van der Waals surface area contributed by atoms with Crippen molar-refractivity contribution >= 4 is 17.7 Å². The quantitative estimate of drug-likeness (QED) is 0.730. The molecule has 1 N–H and O–H groups in total. The summed E-state index contributed by atoms with van der Waals surface area (Å²) in [4.78, 5) is 12.2. The smallest absolute Gasteiger partial charge is 0.230 e. The normalized spacial score (nSPS) is 12.4. The van der Waals surface area contributed by atoms with Gasteiger partial charge in [0.25, 0.3) is 0 Å². The minimum atomic E-state index is 0.0109. The Kier molecular flexibility index (Phi) is 6.99. The molecule has 0 radical (unpaired) electrons. The van der Waals surface area contributed by atoms with Crippen molar-refractivity contribution in [1.29, 1.82) is 0 Å². The molecule has 1 amide bonds. The molecule has 0 fully saturated rings. The van der Waals surface area contributed by atoms with Crippen molar-refractivity contribution in [3.05, 3.63) is 29.3 Å². The molecule has 136 valence electrons. The van der Waals surface area contributed by atoms with Crippen LogP contribution in [0.5, 0.6) is 0 Å². The summed E-state index contributed by atoms with van der Waals surface area (Å²) >= 11 is 1.35. The maximum atomic E-state index is 12.2. The fourth-order valence-corrected chi connectivity index (χ4v) is 3.18. The van der Waals surface area contributed by atoms with Crippen molar-refractivity contribution < 1.29 is 4.79 Å². The summed E-state index contributed by atoms with van der Waals surface area (Å²) in [5.74, 6) is 0.963. The zero-order chi connectivity index (χ0) is 18.4. The standard InChI is InChI=1S/C18H27N5OS/c1-12(2)9-10-14(4)19-17(24)11-25-18-20-21-22-23(18)16-8-6-7-13(3)15(16)5/h6-8,12,14H,9-11H2,1-5H3,(H,19,24)/t14-/m0/s1. The van der Waals surface area contributed by atoms with Crippen LogP contribution in [0.15, 0.2) is 23.4 Å². The molecule has 0 spiro atoms. The molecule has 6 nitrogen and oxygen atoms in total. The summed E-state index contributed by atoms with van der Waals surface area (Å²) in [5.41, 5.74) is 3.25. The van der Waals surface area contributed by atoms with Crippen molar-refractivity contribution in [2.45, 2.75) is 58.7 Å². The van der Waals surface area contributed by atoms with Gasteiger partial charge in [0.05, 0.1) is 11.4 Å². The number of carbonyl (C=O) groups excluding carboxylic acids is 1. The van der Waals surface area contributed by atoms with E-state index < -0.39 is 0 Å². The van der Waals surface area contributed by atoms with E-state index in [1.807, 2.05) is 26.0 Å². The Hall–Kier alpha value is -1.89. The zero-order valence-electron chi connectivity index (χ0n) is 15.6. The number of aryl methyl sites for hydroxylation is 1. The summed E-state index contributed by atoms with van der Waals surface area (Å²) in [6.45, 7) is 10.5. The summed E-state index contributed by atoms with van der Waals surface area (Å²) in [5, 5.41) is 15.6. The van der Waals surface area contributed by atoms with Gasteiger partial charge >= 0.3 is 0 Å². The van der Waals surface area contributed by atoms with Gasteiger partial charge in [0.2, 0.25) is 11.1 Å². The van der Waals surface area contributed by atoms with E-state index in [0.29, 0.717) is 16.8 Å². The van der Waals surface area contributed by atoms with E-state index in [4.69, 9.17) is 0 Å². The van der Waals surface area contributed by atoms with Crippen LogP contribution in [0, 0.1) is 19.8 Å². The van der Waals surface area contributed by atoms with E-state index in [2.05, 4.69) is 47.7 Å². The van der Waals surface area contributed by atoms with E-state index in [-0.39, 0.29) is 11.9 Å². The van der Waals surface area contributed by atoms with E-state index in [1.54, 1.807) is 4.68 Å². The van der Waals surface area contributed by atoms with Gasteiger partial charge in [0, 0.05) is 6.04 Å². The highest BCUT2D eigenvalue weighted by Gasteiger charge is 2.15. The maximum Gasteiger partial charge on any atom is 0.230 e. The van der Waals surface area contributed by atoms with Gasteiger partial charge in [0.15, 0.2) is 0 Å². The van der Waals surface area contributed by atoms with Crippen molar-refractivity contribution in [3.63, 3.8) is 0 Å². The number of thioether (sulfide) groups is 1. The molecule has 2 aromatic rings. The van der Waals surface area contributed by atoms with E-state index >= 15 is 0 Å². The minimum absolute atomic E-state index is 0.0109. The summed E-state index contributed by atoms with van der Waals surface area (Å²) < 4.78 is 1.70. The minimum Gasteiger partial charge on any atom is -0.353 e. The van der Waals surface area contributed by atoms with Gasteiger partial charge < -0.3 is 5.32 Å². The number of amides is 1. The van der Waals surface area contributed by atoms with Gasteiger partial charge in [-0.3, -0.25) is 4.79 Å². The Bertz CT molecular complexity index is 713. The highest BCUT2D eigenvalue weighted by Crippen LogP contribution is 2.22. The third kappa shape index (κ3) is 5.56. The molecular formula is C18H27N5OS. The maximum absolute atomic E-state index is 12.2. The van der Waals surface area contributed by atoms with Crippen LogP contribution in [-0.4, -0.2) is 37.9 Å². The first-order valence-corrected chi connectivity index (χ1v) is 9.64. The van der Waals surface area contributed by atoms with Crippen LogP contribution in [0.2, 0.25) is 0 Å². The molecule has 0 aliphatic rings. The largest absolute Gasteiger partial charge is 0.353 e. The predicted molar refractivity (Wildman–Crippen MR) is 101 cm³/mol. The molecule has 0 bridgehead atoms. The number of hydrogen-bond acceptors (Lipinski definition) is 5. The molecule has 0 aliphatic heterocycles. The first-order valence-electron chi connectivity index (χ1n) is 8.65. The lowest BCUT2D eigenvalue weighted by Crippen LogP contribution is -2.34. The SMILES string of the molecule is Cc1cccc(-n2nnnc2SCC(=O)N[C@@H](C)CCC(C)C)c1C. The molecule has 1 heterocycles. The lowest BCUT2D eigenvalue weighted by Gasteiger charge is -2.15. The molecule has 2 rings (SSSR count). The number of hydrogen-bond donors (Lipinski definition) is 1. The monoisotopic (exact) mass is 361 g/mol. The van der Waals surface area contributed by atoms with E-state index in [1.165, 1.54) is 17.3 Å². The number of aromatic nitrogens is 4. The van der Waals surface area contributed by atoms with Crippen LogP contribution in [0.4, 0.5) is 0 Å². The Morgan fingerprint density at radius 1 is 1.24 bits per heavy atom. The molecule has 0 saturated carbocycles. The van der Waals surface area contributed by atoms with Crippen molar-refractivity contribution in [1.82, 2.24) is 25.5 Å². The Labute approximate surface area is 153 Å². The summed E-state index contributed by atoms with van der Waals surface area (Å²) in [6, 6.07) is 6.21. The Morgan fingerprint density at radius 2 is 2.00 bits per heavy atom. The number of tetrazole rings is 1. The lowest BCUT2D eigenvalue weighted by atomic mass is 10.0. The third-order valence-electron chi connectivity index (χ3n) is 4.16. The second-order valence-electron chi connectivity index (χ2n) is 6.82. The second kappa shape index (κ2) is 8.99. The van der Waals surface area contributed by atoms with Crippen LogP contribution in [0.3, 0.4) is 0 Å². The number of nitrogens with zero attached hydrogens (tertiary/aromatic N) is 4. The molecule has 7 heteroatoms. The van der Waals surface area contributed by atoms with Crippen LogP contribution in [0.1, 0.15) is 44.7 Å². The summed E-state index contributed by atoms with van der Waals surface area (Å²) in [6.07, 6.45) is 2.10. The highest BCUT2D eigenvalue weighted by atomic mass is 32.2. The van der Waals surface area contributed by atoms with Gasteiger partial charge in [-0.05, 0) is 67.2 Å². The lowest BCUT2D eigenvalue weighted by molar-refractivity contribution is -0.119. The number of benzene rings is 1. The summed E-state index contributed by atoms with van der Waals surface area (Å²) in [7, 11) is 0. The van der Waals surface area contributed by atoms with Crippen molar-refractivity contribution in [2.75, 3.05) is 5.75 Å². The average Bonchev–Trinajstić information content (AvgIpc) is 3.02. The Balaban J connectivity index is 1.95. The molecule has 1 atom stereocenters.